The molecule has 1 aromatic heterocycles. The second kappa shape index (κ2) is 6.57. The number of H-pyrrole nitrogens is 1. The average Bonchev–Trinajstić information content (AvgIpc) is 3.04. The molecule has 24 heavy (non-hydrogen) atoms. The second-order valence-electron chi connectivity index (χ2n) is 6.22. The number of rotatable bonds is 5. The summed E-state index contributed by atoms with van der Waals surface area (Å²) >= 11 is 0. The number of methoxy groups -OCH3 is 1. The Kier molecular flexibility index (Phi) is 4.13. The number of aromatic nitrogens is 1. The number of benzene rings is 2. The molecule has 1 aliphatic heterocycles. The molecule has 2 N–H and O–H groups in total. The maximum Gasteiger partial charge on any atom is 0.164 e. The molecule has 0 saturated carbocycles. The van der Waals surface area contributed by atoms with Gasteiger partial charge >= 0.3 is 0 Å². The first-order valence-corrected chi connectivity index (χ1v) is 8.42. The molecule has 0 fully saturated rings. The van der Waals surface area contributed by atoms with Crippen LogP contribution in [0, 0.1) is 0 Å². The number of aromatic amines is 1. The average molecular weight is 322 g/mol. The van der Waals surface area contributed by atoms with Crippen LogP contribution in [0.2, 0.25) is 0 Å². The van der Waals surface area contributed by atoms with E-state index in [1.54, 1.807) is 7.11 Å². The monoisotopic (exact) mass is 322 g/mol. The zero-order valence-electron chi connectivity index (χ0n) is 13.8. The summed E-state index contributed by atoms with van der Waals surface area (Å²) in [5.74, 6) is 1.72. The molecule has 4 heteroatoms. The molecule has 1 atom stereocenters. The van der Waals surface area contributed by atoms with Crippen LogP contribution in [0.25, 0.3) is 10.9 Å². The van der Waals surface area contributed by atoms with Crippen LogP contribution in [0.5, 0.6) is 11.5 Å². The summed E-state index contributed by atoms with van der Waals surface area (Å²) in [6, 6.07) is 14.9. The lowest BCUT2D eigenvalue weighted by molar-refractivity contribution is 0.228. The van der Waals surface area contributed by atoms with Crippen LogP contribution in [-0.2, 0) is 12.8 Å². The smallest absolute Gasteiger partial charge is 0.164 e. The fourth-order valence-electron chi connectivity index (χ4n) is 3.44. The summed E-state index contributed by atoms with van der Waals surface area (Å²) in [6.07, 6.45) is 4.09. The first kappa shape index (κ1) is 15.1. The third-order valence-electron chi connectivity index (χ3n) is 4.68. The minimum atomic E-state index is 0.342. The van der Waals surface area contributed by atoms with E-state index in [2.05, 4.69) is 46.8 Å². The van der Waals surface area contributed by atoms with Gasteiger partial charge in [-0.1, -0.05) is 30.3 Å². The number of fused-ring (bicyclic) bond motifs is 2. The minimum absolute atomic E-state index is 0.342. The van der Waals surface area contributed by atoms with Gasteiger partial charge in [0.1, 0.15) is 6.61 Å². The summed E-state index contributed by atoms with van der Waals surface area (Å²) in [6.45, 7) is 1.62. The fourth-order valence-corrected chi connectivity index (χ4v) is 3.44. The molecule has 2 heterocycles. The SMILES string of the molecule is COc1cccc2c1OCC(NCCc1c[nH]c3ccccc13)C2. The van der Waals surface area contributed by atoms with E-state index in [-0.39, 0.29) is 0 Å². The molecule has 0 amide bonds. The Morgan fingerprint density at radius 2 is 2.12 bits per heavy atom. The molecule has 0 aliphatic carbocycles. The Balaban J connectivity index is 1.37. The number of ether oxygens (including phenoxy) is 2. The molecule has 0 spiro atoms. The van der Waals surface area contributed by atoms with Crippen molar-refractivity contribution in [2.24, 2.45) is 0 Å². The van der Waals surface area contributed by atoms with E-state index < -0.39 is 0 Å². The molecule has 2 aromatic carbocycles. The van der Waals surface area contributed by atoms with Crippen LogP contribution in [0.3, 0.4) is 0 Å². The van der Waals surface area contributed by atoms with Gasteiger partial charge in [0, 0.05) is 23.1 Å². The van der Waals surface area contributed by atoms with Gasteiger partial charge in [0.05, 0.1) is 7.11 Å². The lowest BCUT2D eigenvalue weighted by Gasteiger charge is -2.27. The third-order valence-corrected chi connectivity index (χ3v) is 4.68. The standard InChI is InChI=1S/C20H22N2O2/c1-23-19-8-4-5-14-11-16(13-24-20(14)19)21-10-9-15-12-22-18-7-3-2-6-17(15)18/h2-8,12,16,21-22H,9-11,13H2,1H3. The Hall–Kier alpha value is -2.46. The molecule has 0 saturated heterocycles. The van der Waals surface area contributed by atoms with Crippen LogP contribution in [0.4, 0.5) is 0 Å². The van der Waals surface area contributed by atoms with Crippen LogP contribution >= 0.6 is 0 Å². The largest absolute Gasteiger partial charge is 0.493 e. The fraction of sp³-hybridized carbons (Fsp3) is 0.300. The Bertz CT molecular complexity index is 841. The summed E-state index contributed by atoms with van der Waals surface area (Å²) < 4.78 is 11.3. The molecule has 1 unspecified atom stereocenters. The number of hydrogen-bond donors (Lipinski definition) is 2. The highest BCUT2D eigenvalue weighted by Crippen LogP contribution is 2.34. The topological polar surface area (TPSA) is 46.3 Å². The van der Waals surface area contributed by atoms with E-state index in [0.717, 1.165) is 30.9 Å². The van der Waals surface area contributed by atoms with Gasteiger partial charge in [0.2, 0.25) is 0 Å². The molecule has 3 aromatic rings. The van der Waals surface area contributed by atoms with Gasteiger partial charge in [0.15, 0.2) is 11.5 Å². The Morgan fingerprint density at radius 3 is 3.04 bits per heavy atom. The van der Waals surface area contributed by atoms with Gasteiger partial charge in [0.25, 0.3) is 0 Å². The van der Waals surface area contributed by atoms with E-state index in [1.165, 1.54) is 22.0 Å². The molecule has 0 bridgehead atoms. The zero-order chi connectivity index (χ0) is 16.4. The van der Waals surface area contributed by atoms with Gasteiger partial charge in [-0.2, -0.15) is 0 Å². The van der Waals surface area contributed by atoms with E-state index >= 15 is 0 Å². The van der Waals surface area contributed by atoms with Crippen molar-refractivity contribution in [1.29, 1.82) is 0 Å². The minimum Gasteiger partial charge on any atom is -0.493 e. The first-order chi connectivity index (χ1) is 11.8. The highest BCUT2D eigenvalue weighted by atomic mass is 16.5. The molecule has 1 aliphatic rings. The lowest BCUT2D eigenvalue weighted by Crippen LogP contribution is -2.40. The quantitative estimate of drug-likeness (QED) is 0.757. The highest BCUT2D eigenvalue weighted by Gasteiger charge is 2.22. The summed E-state index contributed by atoms with van der Waals surface area (Å²) in [4.78, 5) is 3.34. The number of nitrogens with one attached hydrogen (secondary N) is 2. The first-order valence-electron chi connectivity index (χ1n) is 8.42. The highest BCUT2D eigenvalue weighted by molar-refractivity contribution is 5.83. The third kappa shape index (κ3) is 2.85. The number of hydrogen-bond acceptors (Lipinski definition) is 3. The molecular formula is C20H22N2O2. The van der Waals surface area contributed by atoms with Crippen LogP contribution < -0.4 is 14.8 Å². The maximum absolute atomic E-state index is 5.92. The van der Waals surface area contributed by atoms with Crippen LogP contribution in [0.1, 0.15) is 11.1 Å². The zero-order valence-corrected chi connectivity index (χ0v) is 13.8. The predicted octanol–water partition coefficient (Wildman–Crippen LogP) is 3.31. The van der Waals surface area contributed by atoms with E-state index in [0.29, 0.717) is 12.6 Å². The van der Waals surface area contributed by atoms with Gasteiger partial charge in [-0.05, 0) is 42.6 Å². The van der Waals surface area contributed by atoms with Crippen molar-refractivity contribution < 1.29 is 9.47 Å². The van der Waals surface area contributed by atoms with Crippen molar-refractivity contribution >= 4 is 10.9 Å². The van der Waals surface area contributed by atoms with Crippen molar-refractivity contribution in [2.45, 2.75) is 18.9 Å². The Labute approximate surface area is 141 Å². The summed E-state index contributed by atoms with van der Waals surface area (Å²) in [5, 5.41) is 4.94. The van der Waals surface area contributed by atoms with Crippen LogP contribution in [0.15, 0.2) is 48.7 Å². The van der Waals surface area contributed by atoms with Gasteiger partial charge in [-0.3, -0.25) is 0 Å². The molecule has 124 valence electrons. The van der Waals surface area contributed by atoms with Gasteiger partial charge in [-0.25, -0.2) is 0 Å². The molecule has 4 nitrogen and oxygen atoms in total. The van der Waals surface area contributed by atoms with Crippen LogP contribution in [-0.4, -0.2) is 31.3 Å². The lowest BCUT2D eigenvalue weighted by atomic mass is 10.0. The molecule has 4 rings (SSSR count). The number of para-hydroxylation sites is 2. The summed E-state index contributed by atoms with van der Waals surface area (Å²) in [7, 11) is 1.69. The summed E-state index contributed by atoms with van der Waals surface area (Å²) in [5.41, 5.74) is 3.77. The second-order valence-corrected chi connectivity index (χ2v) is 6.22. The van der Waals surface area contributed by atoms with E-state index in [1.807, 2.05) is 12.1 Å². The predicted molar refractivity (Wildman–Crippen MR) is 96.0 cm³/mol. The van der Waals surface area contributed by atoms with Crippen molar-refractivity contribution in [2.75, 3.05) is 20.3 Å². The molecular weight excluding hydrogens is 300 g/mol. The van der Waals surface area contributed by atoms with Gasteiger partial charge in [-0.15, -0.1) is 0 Å². The van der Waals surface area contributed by atoms with Gasteiger partial charge < -0.3 is 19.8 Å². The molecule has 0 radical (unpaired) electrons. The van der Waals surface area contributed by atoms with Crippen molar-refractivity contribution in [3.05, 3.63) is 59.8 Å². The maximum atomic E-state index is 5.92. The normalized spacial score (nSPS) is 16.6. The van der Waals surface area contributed by atoms with E-state index in [4.69, 9.17) is 9.47 Å². The van der Waals surface area contributed by atoms with Crippen molar-refractivity contribution in [1.82, 2.24) is 10.3 Å². The van der Waals surface area contributed by atoms with Crippen molar-refractivity contribution in [3.8, 4) is 11.5 Å². The Morgan fingerprint density at radius 1 is 1.21 bits per heavy atom. The van der Waals surface area contributed by atoms with Crippen molar-refractivity contribution in [3.63, 3.8) is 0 Å². The van der Waals surface area contributed by atoms with E-state index in [9.17, 15) is 0 Å².